The minimum Gasteiger partial charge on any atom is -0.396 e. The molecule has 3 heterocycles. The van der Waals surface area contributed by atoms with Crippen molar-refractivity contribution in [2.75, 3.05) is 13.2 Å². The summed E-state index contributed by atoms with van der Waals surface area (Å²) in [7, 11) is 0. The highest BCUT2D eigenvalue weighted by molar-refractivity contribution is 5.81. The van der Waals surface area contributed by atoms with Gasteiger partial charge in [-0.3, -0.25) is 14.5 Å². The van der Waals surface area contributed by atoms with E-state index in [0.29, 0.717) is 5.69 Å². The zero-order valence-electron chi connectivity index (χ0n) is 17.6. The molecule has 1 aromatic carbocycles. The summed E-state index contributed by atoms with van der Waals surface area (Å²) in [5, 5.41) is 13.1. The molecule has 1 amide bonds. The van der Waals surface area contributed by atoms with Crippen LogP contribution in [0.5, 0.6) is 0 Å². The van der Waals surface area contributed by atoms with E-state index in [0.717, 1.165) is 5.56 Å². The Bertz CT molecular complexity index is 1020. The van der Waals surface area contributed by atoms with Crippen LogP contribution in [-0.4, -0.2) is 45.9 Å². The van der Waals surface area contributed by atoms with Crippen LogP contribution in [0.3, 0.4) is 0 Å². The van der Waals surface area contributed by atoms with E-state index in [2.05, 4.69) is 5.32 Å². The van der Waals surface area contributed by atoms with Gasteiger partial charge in [-0.2, -0.15) is 13.2 Å². The number of hydrogen-bond donors (Lipinski definition) is 2. The first kappa shape index (κ1) is 22.5. The molecule has 2 bridgehead atoms. The molecule has 0 radical (unpaired) electrons. The van der Waals surface area contributed by atoms with Gasteiger partial charge < -0.3 is 15.0 Å². The van der Waals surface area contributed by atoms with Gasteiger partial charge in [-0.05, 0) is 18.6 Å². The maximum atomic E-state index is 13.4. The topological polar surface area (TPSA) is 74.6 Å². The first-order chi connectivity index (χ1) is 15.2. The van der Waals surface area contributed by atoms with Gasteiger partial charge in [0.05, 0.1) is 24.4 Å². The number of rotatable bonds is 6. The van der Waals surface area contributed by atoms with Gasteiger partial charge in [-0.25, -0.2) is 0 Å². The van der Waals surface area contributed by atoms with Crippen molar-refractivity contribution >= 4 is 5.91 Å². The van der Waals surface area contributed by atoms with Crippen LogP contribution in [0.4, 0.5) is 13.2 Å². The van der Waals surface area contributed by atoms with Gasteiger partial charge in [0.15, 0.2) is 0 Å². The predicted octanol–water partition coefficient (Wildman–Crippen LogP) is 2.64. The number of fused-ring (bicyclic) bond motifs is 4. The Hall–Kier alpha value is -2.65. The van der Waals surface area contributed by atoms with Crippen molar-refractivity contribution in [2.45, 2.75) is 44.2 Å². The molecule has 2 N–H and O–H groups in total. The minimum absolute atomic E-state index is 0.145. The fourth-order valence-corrected chi connectivity index (χ4v) is 5.17. The van der Waals surface area contributed by atoms with Gasteiger partial charge in [0, 0.05) is 43.4 Å². The Morgan fingerprint density at radius 3 is 2.56 bits per heavy atom. The van der Waals surface area contributed by atoms with Crippen LogP contribution in [0.15, 0.2) is 53.3 Å². The summed E-state index contributed by atoms with van der Waals surface area (Å²) >= 11 is 0. The number of nitrogens with one attached hydrogen (secondary N) is 1. The molecular formula is C23H26F3N3O3. The summed E-state index contributed by atoms with van der Waals surface area (Å²) in [5.74, 6) is -1.70. The molecule has 0 unspecified atom stereocenters. The normalized spacial score (nSPS) is 25.9. The summed E-state index contributed by atoms with van der Waals surface area (Å²) in [6, 6.07) is 12.4. The third-order valence-electron chi connectivity index (χ3n) is 6.66. The Morgan fingerprint density at radius 2 is 1.91 bits per heavy atom. The van der Waals surface area contributed by atoms with Crippen molar-refractivity contribution in [1.29, 1.82) is 0 Å². The monoisotopic (exact) mass is 449 g/mol. The van der Waals surface area contributed by atoms with Crippen LogP contribution in [0.25, 0.3) is 0 Å². The molecule has 1 fully saturated rings. The standard InChI is InChI=1S/C23H26F3N3O3/c1-14(15-6-3-2-4-7-15)27-22(32)20-16(13-30)18-12-29-17(8-5-9-19(29)31)21(20)28(18)11-10-23(24,25)26/h2-9,14,16,18,20-21,30H,10-13H2,1H3,(H,27,32)/t14-,16+,18+,20-,21-/m1/s1. The molecule has 1 saturated heterocycles. The molecule has 2 aliphatic rings. The molecule has 0 aliphatic carbocycles. The van der Waals surface area contributed by atoms with E-state index in [-0.39, 0.29) is 37.2 Å². The van der Waals surface area contributed by atoms with Crippen LogP contribution in [-0.2, 0) is 11.3 Å². The van der Waals surface area contributed by atoms with Gasteiger partial charge >= 0.3 is 6.18 Å². The Labute approximate surface area is 183 Å². The molecule has 6 nitrogen and oxygen atoms in total. The maximum Gasteiger partial charge on any atom is 0.390 e. The van der Waals surface area contributed by atoms with Crippen LogP contribution in [0.2, 0.25) is 0 Å². The number of aliphatic hydroxyl groups is 1. The lowest BCUT2D eigenvalue weighted by atomic mass is 9.86. The second-order valence-corrected chi connectivity index (χ2v) is 8.53. The average Bonchev–Trinajstić information content (AvgIpc) is 2.98. The van der Waals surface area contributed by atoms with Crippen LogP contribution in [0.1, 0.15) is 36.7 Å². The number of hydrogen-bond acceptors (Lipinski definition) is 4. The third kappa shape index (κ3) is 4.19. The number of carbonyl (C=O) groups excluding carboxylic acids is 1. The molecule has 4 rings (SSSR count). The largest absolute Gasteiger partial charge is 0.396 e. The van der Waals surface area contributed by atoms with Crippen LogP contribution in [0, 0.1) is 11.8 Å². The molecule has 5 atom stereocenters. The number of aromatic nitrogens is 1. The number of pyridine rings is 1. The number of aliphatic hydroxyl groups excluding tert-OH is 1. The van der Waals surface area contributed by atoms with Gasteiger partial charge in [0.25, 0.3) is 5.56 Å². The minimum atomic E-state index is -4.35. The number of halogens is 3. The maximum absolute atomic E-state index is 13.4. The summed E-state index contributed by atoms with van der Waals surface area (Å²) in [4.78, 5) is 27.5. The number of nitrogens with zero attached hydrogens (tertiary/aromatic N) is 2. The Morgan fingerprint density at radius 1 is 1.19 bits per heavy atom. The fraction of sp³-hybridized carbons (Fsp3) is 0.478. The van der Waals surface area contributed by atoms with Gasteiger partial charge in [-0.1, -0.05) is 36.4 Å². The van der Waals surface area contributed by atoms with E-state index < -0.39 is 36.5 Å². The molecule has 2 aromatic rings. The Kier molecular flexibility index (Phi) is 6.13. The molecular weight excluding hydrogens is 423 g/mol. The summed E-state index contributed by atoms with van der Waals surface area (Å²) in [6.07, 6.45) is -5.37. The summed E-state index contributed by atoms with van der Waals surface area (Å²) in [6.45, 7) is 1.33. The van der Waals surface area contributed by atoms with Crippen molar-refractivity contribution < 1.29 is 23.1 Å². The Balaban J connectivity index is 1.69. The predicted molar refractivity (Wildman–Crippen MR) is 112 cm³/mol. The van der Waals surface area contributed by atoms with Gasteiger partial charge in [-0.15, -0.1) is 0 Å². The van der Waals surface area contributed by atoms with E-state index in [9.17, 15) is 27.9 Å². The number of benzene rings is 1. The first-order valence-corrected chi connectivity index (χ1v) is 10.7. The van der Waals surface area contributed by atoms with E-state index in [4.69, 9.17) is 0 Å². The molecule has 2 aliphatic heterocycles. The van der Waals surface area contributed by atoms with Crippen molar-refractivity contribution in [1.82, 2.24) is 14.8 Å². The lowest BCUT2D eigenvalue weighted by Gasteiger charge is -2.38. The van der Waals surface area contributed by atoms with E-state index in [1.807, 2.05) is 37.3 Å². The molecule has 9 heteroatoms. The molecule has 0 saturated carbocycles. The van der Waals surface area contributed by atoms with Crippen molar-refractivity contribution in [3.8, 4) is 0 Å². The second-order valence-electron chi connectivity index (χ2n) is 8.53. The van der Waals surface area contributed by atoms with Crippen molar-refractivity contribution in [2.24, 2.45) is 11.8 Å². The van der Waals surface area contributed by atoms with Crippen molar-refractivity contribution in [3.05, 3.63) is 70.1 Å². The summed E-state index contributed by atoms with van der Waals surface area (Å²) in [5.41, 5.74) is 1.15. The quantitative estimate of drug-likeness (QED) is 0.711. The number of amides is 1. The molecule has 172 valence electrons. The van der Waals surface area contributed by atoms with Crippen molar-refractivity contribution in [3.63, 3.8) is 0 Å². The average molecular weight is 449 g/mol. The smallest absolute Gasteiger partial charge is 0.390 e. The highest BCUT2D eigenvalue weighted by atomic mass is 19.4. The molecule has 0 spiro atoms. The second kappa shape index (κ2) is 8.71. The highest BCUT2D eigenvalue weighted by Gasteiger charge is 2.56. The van der Waals surface area contributed by atoms with E-state index in [1.54, 1.807) is 17.0 Å². The molecule has 1 aromatic heterocycles. The van der Waals surface area contributed by atoms with E-state index in [1.165, 1.54) is 10.6 Å². The van der Waals surface area contributed by atoms with E-state index >= 15 is 0 Å². The number of alkyl halides is 3. The third-order valence-corrected chi connectivity index (χ3v) is 6.66. The lowest BCUT2D eigenvalue weighted by Crippen LogP contribution is -2.47. The van der Waals surface area contributed by atoms with Crippen LogP contribution < -0.4 is 10.9 Å². The zero-order valence-corrected chi connectivity index (χ0v) is 17.6. The summed E-state index contributed by atoms with van der Waals surface area (Å²) < 4.78 is 40.6. The lowest BCUT2D eigenvalue weighted by molar-refractivity contribution is -0.140. The number of carbonyl (C=O) groups is 1. The van der Waals surface area contributed by atoms with Gasteiger partial charge in [0.1, 0.15) is 0 Å². The van der Waals surface area contributed by atoms with Crippen LogP contribution >= 0.6 is 0 Å². The fourth-order valence-electron chi connectivity index (χ4n) is 5.17. The molecule has 32 heavy (non-hydrogen) atoms. The zero-order chi connectivity index (χ0) is 23.0. The SMILES string of the molecule is C[C@@H](NC(=O)[C@@H]1[C@@H](CO)[C@@H]2Cn3c(cccc3=O)[C@H]1N2CCC(F)(F)F)c1ccccc1. The first-order valence-electron chi connectivity index (χ1n) is 10.7. The highest BCUT2D eigenvalue weighted by Crippen LogP contribution is 2.48. The van der Waals surface area contributed by atoms with Gasteiger partial charge in [0.2, 0.25) is 5.91 Å².